The summed E-state index contributed by atoms with van der Waals surface area (Å²) in [7, 11) is 1.58. The molecule has 0 aliphatic carbocycles. The van der Waals surface area contributed by atoms with Gasteiger partial charge in [0.2, 0.25) is 0 Å². The van der Waals surface area contributed by atoms with Crippen molar-refractivity contribution >= 4 is 33.2 Å². The molecular formula is C12H11BrClN3O2. The molecular weight excluding hydrogens is 334 g/mol. The number of benzene rings is 1. The Bertz CT molecular complexity index is 645. The van der Waals surface area contributed by atoms with Gasteiger partial charge in [-0.3, -0.25) is 4.79 Å². The molecule has 2 N–H and O–H groups in total. The number of anilines is 1. The van der Waals surface area contributed by atoms with E-state index >= 15 is 0 Å². The van der Waals surface area contributed by atoms with Gasteiger partial charge in [0.15, 0.2) is 0 Å². The number of hydrogen-bond acceptors (Lipinski definition) is 4. The molecule has 0 unspecified atom stereocenters. The van der Waals surface area contributed by atoms with Crippen LogP contribution in [0.15, 0.2) is 33.7 Å². The van der Waals surface area contributed by atoms with E-state index in [4.69, 9.17) is 16.3 Å². The quantitative estimate of drug-likeness (QED) is 0.895. The first-order valence-corrected chi connectivity index (χ1v) is 6.59. The van der Waals surface area contributed by atoms with E-state index < -0.39 is 0 Å². The van der Waals surface area contributed by atoms with Crippen LogP contribution in [0.1, 0.15) is 5.56 Å². The molecule has 0 atom stereocenters. The molecule has 0 amide bonds. The molecule has 0 aliphatic rings. The summed E-state index contributed by atoms with van der Waals surface area (Å²) in [5.74, 6) is 0.689. The lowest BCUT2D eigenvalue weighted by molar-refractivity contribution is 0.410. The molecule has 0 bridgehead atoms. The molecule has 1 aromatic heterocycles. The Balaban J connectivity index is 2.24. The van der Waals surface area contributed by atoms with Crippen molar-refractivity contribution in [1.29, 1.82) is 0 Å². The van der Waals surface area contributed by atoms with Crippen molar-refractivity contribution in [2.45, 2.75) is 6.54 Å². The molecule has 0 spiro atoms. The lowest BCUT2D eigenvalue weighted by atomic mass is 10.2. The molecule has 0 aliphatic heterocycles. The second-order valence-corrected chi connectivity index (χ2v) is 4.90. The van der Waals surface area contributed by atoms with Gasteiger partial charge in [0.05, 0.1) is 19.0 Å². The number of nitrogens with zero attached hydrogens (tertiary/aromatic N) is 1. The summed E-state index contributed by atoms with van der Waals surface area (Å²) in [6.45, 7) is 0.423. The van der Waals surface area contributed by atoms with Gasteiger partial charge < -0.3 is 10.1 Å². The molecule has 2 rings (SSSR count). The molecule has 0 fully saturated rings. The van der Waals surface area contributed by atoms with Gasteiger partial charge in [-0.05, 0) is 28.1 Å². The van der Waals surface area contributed by atoms with Crippen LogP contribution in [0.3, 0.4) is 0 Å². The Morgan fingerprint density at radius 2 is 2.32 bits per heavy atom. The van der Waals surface area contributed by atoms with Crippen LogP contribution in [-0.4, -0.2) is 17.3 Å². The molecule has 0 radical (unpaired) electrons. The molecule has 0 saturated carbocycles. The number of hydrogen-bond donors (Lipinski definition) is 2. The molecule has 19 heavy (non-hydrogen) atoms. The van der Waals surface area contributed by atoms with Crippen molar-refractivity contribution in [2.24, 2.45) is 0 Å². The summed E-state index contributed by atoms with van der Waals surface area (Å²) in [6, 6.07) is 5.43. The maximum atomic E-state index is 11.4. The highest BCUT2D eigenvalue weighted by Crippen LogP contribution is 2.27. The highest BCUT2D eigenvalue weighted by molar-refractivity contribution is 9.10. The Hall–Kier alpha value is -1.53. The molecule has 1 aromatic carbocycles. The van der Waals surface area contributed by atoms with Crippen LogP contribution >= 0.6 is 27.5 Å². The minimum atomic E-state index is -0.295. The summed E-state index contributed by atoms with van der Waals surface area (Å²) >= 11 is 9.33. The van der Waals surface area contributed by atoms with Gasteiger partial charge in [-0.2, -0.15) is 5.10 Å². The molecule has 5 nitrogen and oxygen atoms in total. The molecule has 100 valence electrons. The second-order valence-electron chi connectivity index (χ2n) is 3.70. The third kappa shape index (κ3) is 3.08. The molecule has 7 heteroatoms. The minimum absolute atomic E-state index is 0.295. The number of aromatic amines is 1. The average Bonchev–Trinajstić information content (AvgIpc) is 2.41. The zero-order valence-electron chi connectivity index (χ0n) is 10.0. The normalized spacial score (nSPS) is 10.3. The fraction of sp³-hybridized carbons (Fsp3) is 0.167. The number of rotatable bonds is 4. The maximum absolute atomic E-state index is 11.4. The second kappa shape index (κ2) is 6.08. The van der Waals surface area contributed by atoms with E-state index in [0.717, 1.165) is 5.56 Å². The fourth-order valence-electron chi connectivity index (χ4n) is 1.59. The first-order chi connectivity index (χ1) is 9.13. The van der Waals surface area contributed by atoms with Crippen LogP contribution in [0.5, 0.6) is 5.75 Å². The standard InChI is InChI=1S/C12H11BrClN3O2/c1-19-10-4-2-3-8(14)7(10)5-15-9-6-16-17-12(18)11(9)13/h2-4,6H,5H2,1H3,(H2,15,17,18). The highest BCUT2D eigenvalue weighted by Gasteiger charge is 2.09. The molecule has 0 saturated heterocycles. The zero-order valence-corrected chi connectivity index (χ0v) is 12.4. The fourth-order valence-corrected chi connectivity index (χ4v) is 2.16. The Morgan fingerprint density at radius 3 is 3.05 bits per heavy atom. The highest BCUT2D eigenvalue weighted by atomic mass is 79.9. The molecule has 1 heterocycles. The first kappa shape index (κ1) is 13.9. The van der Waals surface area contributed by atoms with Crippen molar-refractivity contribution < 1.29 is 4.74 Å². The number of ether oxygens (including phenoxy) is 1. The Labute approximate surface area is 123 Å². The Morgan fingerprint density at radius 1 is 1.53 bits per heavy atom. The van der Waals surface area contributed by atoms with Gasteiger partial charge in [-0.1, -0.05) is 17.7 Å². The van der Waals surface area contributed by atoms with Gasteiger partial charge in [0.25, 0.3) is 5.56 Å². The van der Waals surface area contributed by atoms with Crippen LogP contribution in [-0.2, 0) is 6.54 Å². The first-order valence-electron chi connectivity index (χ1n) is 5.42. The predicted molar refractivity (Wildman–Crippen MR) is 77.9 cm³/mol. The average molecular weight is 345 g/mol. The maximum Gasteiger partial charge on any atom is 0.280 e. The van der Waals surface area contributed by atoms with E-state index in [0.29, 0.717) is 27.5 Å². The van der Waals surface area contributed by atoms with Crippen LogP contribution in [0, 0.1) is 0 Å². The smallest absolute Gasteiger partial charge is 0.280 e. The van der Waals surface area contributed by atoms with E-state index in [1.807, 2.05) is 12.1 Å². The summed E-state index contributed by atoms with van der Waals surface area (Å²) in [5, 5.41) is 9.75. The SMILES string of the molecule is COc1cccc(Cl)c1CNc1cn[nH]c(=O)c1Br. The number of aromatic nitrogens is 2. The lowest BCUT2D eigenvalue weighted by Crippen LogP contribution is -2.12. The van der Waals surface area contributed by atoms with E-state index in [1.165, 1.54) is 6.20 Å². The van der Waals surface area contributed by atoms with Gasteiger partial charge in [-0.15, -0.1) is 0 Å². The van der Waals surface area contributed by atoms with Gasteiger partial charge in [0, 0.05) is 17.1 Å². The van der Waals surface area contributed by atoms with Crippen LogP contribution < -0.4 is 15.6 Å². The zero-order chi connectivity index (χ0) is 13.8. The lowest BCUT2D eigenvalue weighted by Gasteiger charge is -2.12. The van der Waals surface area contributed by atoms with E-state index in [2.05, 4.69) is 31.4 Å². The molecule has 2 aromatic rings. The van der Waals surface area contributed by atoms with Gasteiger partial charge in [-0.25, -0.2) is 5.10 Å². The summed E-state index contributed by atoms with van der Waals surface area (Å²) in [4.78, 5) is 11.4. The van der Waals surface area contributed by atoms with Crippen molar-refractivity contribution in [2.75, 3.05) is 12.4 Å². The topological polar surface area (TPSA) is 67.0 Å². The van der Waals surface area contributed by atoms with Crippen LogP contribution in [0.25, 0.3) is 0 Å². The number of methoxy groups -OCH3 is 1. The van der Waals surface area contributed by atoms with E-state index in [-0.39, 0.29) is 5.56 Å². The van der Waals surface area contributed by atoms with E-state index in [1.54, 1.807) is 13.2 Å². The third-order valence-electron chi connectivity index (χ3n) is 2.55. The van der Waals surface area contributed by atoms with Crippen molar-refractivity contribution in [1.82, 2.24) is 10.2 Å². The van der Waals surface area contributed by atoms with Gasteiger partial charge >= 0.3 is 0 Å². The third-order valence-corrected chi connectivity index (χ3v) is 3.69. The Kier molecular flexibility index (Phi) is 4.44. The van der Waals surface area contributed by atoms with Crippen LogP contribution in [0.4, 0.5) is 5.69 Å². The number of nitrogens with one attached hydrogen (secondary N) is 2. The van der Waals surface area contributed by atoms with Crippen molar-refractivity contribution in [3.05, 3.63) is 49.8 Å². The summed E-state index contributed by atoms with van der Waals surface area (Å²) in [6.07, 6.45) is 1.52. The van der Waals surface area contributed by atoms with Crippen molar-refractivity contribution in [3.63, 3.8) is 0 Å². The van der Waals surface area contributed by atoms with Crippen LogP contribution in [0.2, 0.25) is 5.02 Å². The largest absolute Gasteiger partial charge is 0.496 e. The summed E-state index contributed by atoms with van der Waals surface area (Å²) < 4.78 is 5.65. The minimum Gasteiger partial charge on any atom is -0.496 e. The van der Waals surface area contributed by atoms with E-state index in [9.17, 15) is 4.79 Å². The monoisotopic (exact) mass is 343 g/mol. The number of H-pyrrole nitrogens is 1. The van der Waals surface area contributed by atoms with Crippen molar-refractivity contribution in [3.8, 4) is 5.75 Å². The summed E-state index contributed by atoms with van der Waals surface area (Å²) in [5.41, 5.74) is 1.11. The predicted octanol–water partition coefficient (Wildman–Crippen LogP) is 2.81. The number of halogens is 2. The van der Waals surface area contributed by atoms with Gasteiger partial charge in [0.1, 0.15) is 10.2 Å².